The maximum Gasteiger partial charge on any atom is 0.128 e. The summed E-state index contributed by atoms with van der Waals surface area (Å²) in [6, 6.07) is 9.98. The number of hydrazine groups is 1. The molecule has 5 N–H and O–H groups in total. The van der Waals surface area contributed by atoms with Crippen LogP contribution in [0.3, 0.4) is 0 Å². The predicted molar refractivity (Wildman–Crippen MR) is 78.6 cm³/mol. The molecule has 4 nitrogen and oxygen atoms in total. The zero-order valence-corrected chi connectivity index (χ0v) is 11.5. The van der Waals surface area contributed by atoms with Gasteiger partial charge in [0.15, 0.2) is 0 Å². The van der Waals surface area contributed by atoms with Crippen LogP contribution in [0.2, 0.25) is 5.02 Å². The lowest BCUT2D eigenvalue weighted by atomic mass is 9.99. The average molecular weight is 277 g/mol. The zero-order valence-electron chi connectivity index (χ0n) is 10.7. The van der Waals surface area contributed by atoms with Crippen LogP contribution in [0.25, 0.3) is 0 Å². The number of anilines is 1. The van der Waals surface area contributed by atoms with Crippen LogP contribution in [0.4, 0.5) is 5.82 Å². The molecule has 100 valence electrons. The van der Waals surface area contributed by atoms with Crippen LogP contribution < -0.4 is 17.0 Å². The second-order valence-electron chi connectivity index (χ2n) is 4.54. The summed E-state index contributed by atoms with van der Waals surface area (Å²) in [5, 5.41) is 0.549. The van der Waals surface area contributed by atoms with Gasteiger partial charge < -0.3 is 5.73 Å². The molecule has 0 aliphatic rings. The van der Waals surface area contributed by atoms with Crippen molar-refractivity contribution in [1.82, 2.24) is 10.4 Å². The quantitative estimate of drug-likeness (QED) is 0.592. The van der Waals surface area contributed by atoms with Gasteiger partial charge in [0, 0.05) is 11.8 Å². The molecule has 0 bridgehead atoms. The third-order valence-electron chi connectivity index (χ3n) is 3.05. The number of nitrogens with one attached hydrogen (secondary N) is 1. The van der Waals surface area contributed by atoms with Crippen molar-refractivity contribution in [2.45, 2.75) is 19.4 Å². The van der Waals surface area contributed by atoms with Gasteiger partial charge in [0.25, 0.3) is 0 Å². The fourth-order valence-corrected chi connectivity index (χ4v) is 2.13. The lowest BCUT2D eigenvalue weighted by Crippen LogP contribution is -2.30. The molecule has 0 aliphatic heterocycles. The number of pyridine rings is 1. The highest BCUT2D eigenvalue weighted by molar-refractivity contribution is 6.30. The molecule has 0 fully saturated rings. The molecule has 2 aromatic rings. The Labute approximate surface area is 117 Å². The van der Waals surface area contributed by atoms with Gasteiger partial charge in [-0.15, -0.1) is 0 Å². The van der Waals surface area contributed by atoms with Gasteiger partial charge in [-0.25, -0.2) is 4.98 Å². The molecule has 1 aromatic carbocycles. The fraction of sp³-hybridized carbons (Fsp3) is 0.214. The highest BCUT2D eigenvalue weighted by atomic mass is 35.5. The Kier molecular flexibility index (Phi) is 4.37. The van der Waals surface area contributed by atoms with Crippen LogP contribution in [-0.2, 0) is 6.42 Å². The smallest absolute Gasteiger partial charge is 0.128 e. The number of rotatable bonds is 4. The molecule has 0 aliphatic carbocycles. The summed E-state index contributed by atoms with van der Waals surface area (Å²) in [6.07, 6.45) is 2.25. The van der Waals surface area contributed by atoms with E-state index < -0.39 is 0 Å². The Morgan fingerprint density at radius 1 is 1.32 bits per heavy atom. The highest BCUT2D eigenvalue weighted by Gasteiger charge is 2.15. The Balaban J connectivity index is 2.24. The van der Waals surface area contributed by atoms with E-state index in [2.05, 4.69) is 41.6 Å². The molecule has 0 amide bonds. The van der Waals surface area contributed by atoms with Gasteiger partial charge in [-0.3, -0.25) is 11.3 Å². The number of nitrogen functional groups attached to an aromatic ring is 1. The van der Waals surface area contributed by atoms with Crippen LogP contribution in [-0.4, -0.2) is 4.98 Å². The van der Waals surface area contributed by atoms with Gasteiger partial charge in [-0.05, 0) is 25.0 Å². The minimum atomic E-state index is -0.117. The predicted octanol–water partition coefficient (Wildman–Crippen LogP) is 2.37. The number of hydrogen-bond donors (Lipinski definition) is 3. The second kappa shape index (κ2) is 6.02. The van der Waals surface area contributed by atoms with E-state index in [9.17, 15) is 0 Å². The molecule has 0 saturated carbocycles. The summed E-state index contributed by atoms with van der Waals surface area (Å²) in [5.41, 5.74) is 11.9. The van der Waals surface area contributed by atoms with Gasteiger partial charge in [0.05, 0.1) is 11.1 Å². The summed E-state index contributed by atoms with van der Waals surface area (Å²) in [4.78, 5) is 4.05. The maximum absolute atomic E-state index is 5.95. The zero-order chi connectivity index (χ0) is 13.8. The van der Waals surface area contributed by atoms with Crippen LogP contribution in [0, 0.1) is 6.92 Å². The van der Waals surface area contributed by atoms with Gasteiger partial charge >= 0.3 is 0 Å². The Hall–Kier alpha value is -1.62. The van der Waals surface area contributed by atoms with Crippen LogP contribution in [0.1, 0.15) is 22.7 Å². The highest BCUT2D eigenvalue weighted by Crippen LogP contribution is 2.24. The number of nitrogens with zero attached hydrogens (tertiary/aromatic N) is 1. The molecule has 19 heavy (non-hydrogen) atoms. The lowest BCUT2D eigenvalue weighted by molar-refractivity contribution is 0.552. The topological polar surface area (TPSA) is 77.0 Å². The summed E-state index contributed by atoms with van der Waals surface area (Å²) >= 11 is 5.95. The van der Waals surface area contributed by atoms with E-state index in [0.29, 0.717) is 10.8 Å². The molecular weight excluding hydrogens is 260 g/mol. The Bertz CT molecular complexity index is 554. The third-order valence-corrected chi connectivity index (χ3v) is 3.26. The Morgan fingerprint density at radius 3 is 2.63 bits per heavy atom. The lowest BCUT2D eigenvalue weighted by Gasteiger charge is -2.18. The van der Waals surface area contributed by atoms with Crippen molar-refractivity contribution in [1.29, 1.82) is 0 Å². The standard InChI is InChI=1S/C14H17ClN4/c1-9-2-4-10(5-3-9)6-13(19-17)12-7-11(15)8-18-14(12)16/h2-5,7-8,13,19H,6,17H2,1H3,(H2,16,18). The molecule has 0 spiro atoms. The summed E-state index contributed by atoms with van der Waals surface area (Å²) in [5.74, 6) is 6.07. The van der Waals surface area contributed by atoms with E-state index in [0.717, 1.165) is 12.0 Å². The van der Waals surface area contributed by atoms with Gasteiger partial charge in [-0.2, -0.15) is 0 Å². The first-order valence-electron chi connectivity index (χ1n) is 6.02. The first-order valence-corrected chi connectivity index (χ1v) is 6.40. The number of aryl methyl sites for hydroxylation is 1. The number of aromatic nitrogens is 1. The molecule has 1 aromatic heterocycles. The van der Waals surface area contributed by atoms with E-state index in [4.69, 9.17) is 23.2 Å². The van der Waals surface area contributed by atoms with E-state index in [-0.39, 0.29) is 6.04 Å². The van der Waals surface area contributed by atoms with Crippen molar-refractivity contribution in [3.05, 3.63) is 58.2 Å². The van der Waals surface area contributed by atoms with E-state index >= 15 is 0 Å². The second-order valence-corrected chi connectivity index (χ2v) is 4.97. The molecule has 1 atom stereocenters. The van der Waals surface area contributed by atoms with E-state index in [1.807, 2.05) is 0 Å². The van der Waals surface area contributed by atoms with E-state index in [1.54, 1.807) is 6.07 Å². The molecule has 1 unspecified atom stereocenters. The molecular formula is C14H17ClN4. The SMILES string of the molecule is Cc1ccc(CC(NN)c2cc(Cl)cnc2N)cc1. The monoisotopic (exact) mass is 276 g/mol. The summed E-state index contributed by atoms with van der Waals surface area (Å²) in [6.45, 7) is 2.06. The minimum Gasteiger partial charge on any atom is -0.383 e. The molecule has 0 radical (unpaired) electrons. The number of benzene rings is 1. The summed E-state index contributed by atoms with van der Waals surface area (Å²) in [7, 11) is 0. The Morgan fingerprint density at radius 2 is 2.00 bits per heavy atom. The van der Waals surface area contributed by atoms with Crippen molar-refractivity contribution in [2.24, 2.45) is 5.84 Å². The first-order chi connectivity index (χ1) is 9.10. The first kappa shape index (κ1) is 13.8. The maximum atomic E-state index is 5.95. The van der Waals surface area contributed by atoms with Gasteiger partial charge in [0.2, 0.25) is 0 Å². The molecule has 5 heteroatoms. The van der Waals surface area contributed by atoms with Crippen molar-refractivity contribution < 1.29 is 0 Å². The number of halogens is 1. The molecule has 0 saturated heterocycles. The number of hydrogen-bond acceptors (Lipinski definition) is 4. The van der Waals surface area contributed by atoms with Crippen LogP contribution >= 0.6 is 11.6 Å². The van der Waals surface area contributed by atoms with Crippen LogP contribution in [0.15, 0.2) is 36.5 Å². The van der Waals surface area contributed by atoms with Crippen LogP contribution in [0.5, 0.6) is 0 Å². The van der Waals surface area contributed by atoms with Gasteiger partial charge in [0.1, 0.15) is 5.82 Å². The molecule has 1 heterocycles. The average Bonchev–Trinajstić information content (AvgIpc) is 2.41. The fourth-order valence-electron chi connectivity index (χ4n) is 1.96. The van der Waals surface area contributed by atoms with Crippen molar-refractivity contribution in [2.75, 3.05) is 5.73 Å². The number of nitrogens with two attached hydrogens (primary N) is 2. The van der Waals surface area contributed by atoms with Gasteiger partial charge in [-0.1, -0.05) is 41.4 Å². The largest absolute Gasteiger partial charge is 0.383 e. The minimum absolute atomic E-state index is 0.117. The van der Waals surface area contributed by atoms with Crippen molar-refractivity contribution in [3.63, 3.8) is 0 Å². The van der Waals surface area contributed by atoms with E-state index in [1.165, 1.54) is 17.3 Å². The molecule has 2 rings (SSSR count). The normalized spacial score (nSPS) is 12.4. The van der Waals surface area contributed by atoms with Crippen molar-refractivity contribution >= 4 is 17.4 Å². The summed E-state index contributed by atoms with van der Waals surface area (Å²) < 4.78 is 0. The van der Waals surface area contributed by atoms with Crippen molar-refractivity contribution in [3.8, 4) is 0 Å². The third kappa shape index (κ3) is 3.44.